The van der Waals surface area contributed by atoms with E-state index in [1.165, 1.54) is 0 Å². The van der Waals surface area contributed by atoms with Crippen LogP contribution in [0.2, 0.25) is 0 Å². The van der Waals surface area contributed by atoms with Crippen LogP contribution >= 0.6 is 0 Å². The van der Waals surface area contributed by atoms with Crippen LogP contribution in [0.4, 0.5) is 0 Å². The normalized spacial score (nSPS) is 15.4. The molecule has 0 radical (unpaired) electrons. The number of carboxylic acid groups (broad SMARTS) is 1. The Morgan fingerprint density at radius 3 is 2.76 bits per heavy atom. The Morgan fingerprint density at radius 1 is 1.53 bits per heavy atom. The average Bonchev–Trinajstić information content (AvgIpc) is 2.74. The van der Waals surface area contributed by atoms with Crippen molar-refractivity contribution in [1.29, 1.82) is 0 Å². The summed E-state index contributed by atoms with van der Waals surface area (Å²) in [6.45, 7) is 1.14. The first-order chi connectivity index (χ1) is 8.11. The number of carbonyl (C=O) groups is 1. The van der Waals surface area contributed by atoms with Crippen molar-refractivity contribution in [2.75, 3.05) is 7.11 Å². The van der Waals surface area contributed by atoms with Crippen LogP contribution in [0, 0.1) is 0 Å². The smallest absolute Gasteiger partial charge is 0.320 e. The van der Waals surface area contributed by atoms with E-state index in [1.54, 1.807) is 7.11 Å². The zero-order valence-corrected chi connectivity index (χ0v) is 9.60. The zero-order valence-electron chi connectivity index (χ0n) is 9.60. The first kappa shape index (κ1) is 11.9. The molecule has 0 fully saturated rings. The molecule has 0 saturated heterocycles. The number of rotatable bonds is 4. The number of nitrogens with two attached hydrogens (primary N) is 1. The zero-order chi connectivity index (χ0) is 12.4. The molecular weight excluding hydrogens is 222 g/mol. The number of fused-ring (bicyclic) bond motifs is 1. The molecule has 5 nitrogen and oxygen atoms in total. The highest BCUT2D eigenvalue weighted by Crippen LogP contribution is 2.29. The minimum Gasteiger partial charge on any atom is -0.496 e. The van der Waals surface area contributed by atoms with Crippen LogP contribution in [0.1, 0.15) is 16.7 Å². The van der Waals surface area contributed by atoms with Crippen LogP contribution in [0.15, 0.2) is 12.1 Å². The molecule has 0 amide bonds. The summed E-state index contributed by atoms with van der Waals surface area (Å²) in [6.07, 6.45) is 0.256. The van der Waals surface area contributed by atoms with E-state index in [-0.39, 0.29) is 6.42 Å². The van der Waals surface area contributed by atoms with Gasteiger partial charge in [-0.25, -0.2) is 0 Å². The number of carboxylic acids is 1. The van der Waals surface area contributed by atoms with Crippen molar-refractivity contribution in [3.8, 4) is 5.75 Å². The Kier molecular flexibility index (Phi) is 3.31. The van der Waals surface area contributed by atoms with Gasteiger partial charge in [-0.2, -0.15) is 0 Å². The molecule has 0 aromatic heterocycles. The van der Waals surface area contributed by atoms with Crippen molar-refractivity contribution in [1.82, 2.24) is 0 Å². The summed E-state index contributed by atoms with van der Waals surface area (Å²) < 4.78 is 10.6. The molecule has 0 bridgehead atoms. The number of methoxy groups -OCH3 is 1. The van der Waals surface area contributed by atoms with E-state index in [1.807, 2.05) is 12.1 Å². The highest BCUT2D eigenvalue weighted by molar-refractivity contribution is 5.73. The number of benzene rings is 1. The van der Waals surface area contributed by atoms with Crippen molar-refractivity contribution < 1.29 is 19.4 Å². The molecule has 1 unspecified atom stereocenters. The van der Waals surface area contributed by atoms with Gasteiger partial charge in [0, 0.05) is 6.42 Å². The fourth-order valence-electron chi connectivity index (χ4n) is 1.93. The molecule has 1 aliphatic heterocycles. The summed E-state index contributed by atoms with van der Waals surface area (Å²) in [4.78, 5) is 10.7. The van der Waals surface area contributed by atoms with E-state index in [0.29, 0.717) is 19.0 Å². The Morgan fingerprint density at radius 2 is 2.18 bits per heavy atom. The minimum absolute atomic E-state index is 0.256. The second-order valence-electron chi connectivity index (χ2n) is 4.07. The van der Waals surface area contributed by atoms with Crippen LogP contribution in [0.25, 0.3) is 0 Å². The standard InChI is InChI=1S/C12H15NO4/c1-16-11-4-9-6-17-5-8(9)2-7(11)3-10(13)12(14)15/h2,4,10H,3,5-6,13H2,1H3,(H,14,15). The number of aliphatic carboxylic acids is 1. The van der Waals surface area contributed by atoms with Gasteiger partial charge in [-0.15, -0.1) is 0 Å². The monoisotopic (exact) mass is 237 g/mol. The minimum atomic E-state index is -1.01. The van der Waals surface area contributed by atoms with E-state index in [2.05, 4.69) is 0 Å². The molecular formula is C12H15NO4. The highest BCUT2D eigenvalue weighted by atomic mass is 16.5. The Bertz CT molecular complexity index is 444. The lowest BCUT2D eigenvalue weighted by atomic mass is 10.00. The molecule has 1 aromatic rings. The first-order valence-corrected chi connectivity index (χ1v) is 5.36. The maximum atomic E-state index is 10.7. The molecule has 17 heavy (non-hydrogen) atoms. The topological polar surface area (TPSA) is 81.8 Å². The Labute approximate surface area is 99.1 Å². The predicted molar refractivity (Wildman–Crippen MR) is 60.8 cm³/mol. The number of ether oxygens (including phenoxy) is 2. The fourth-order valence-corrected chi connectivity index (χ4v) is 1.93. The van der Waals surface area contributed by atoms with Gasteiger partial charge in [0.1, 0.15) is 11.8 Å². The third-order valence-corrected chi connectivity index (χ3v) is 2.87. The van der Waals surface area contributed by atoms with Gasteiger partial charge in [-0.3, -0.25) is 4.79 Å². The summed E-state index contributed by atoms with van der Waals surface area (Å²) in [5, 5.41) is 8.81. The van der Waals surface area contributed by atoms with E-state index in [4.69, 9.17) is 20.3 Å². The molecule has 3 N–H and O–H groups in total. The van der Waals surface area contributed by atoms with Gasteiger partial charge in [0.2, 0.25) is 0 Å². The number of hydrogen-bond acceptors (Lipinski definition) is 4. The average molecular weight is 237 g/mol. The largest absolute Gasteiger partial charge is 0.496 e. The summed E-state index contributed by atoms with van der Waals surface area (Å²) in [7, 11) is 1.56. The quantitative estimate of drug-likeness (QED) is 0.804. The summed E-state index contributed by atoms with van der Waals surface area (Å²) in [5.41, 5.74) is 8.52. The van der Waals surface area contributed by atoms with Gasteiger partial charge in [0.15, 0.2) is 0 Å². The van der Waals surface area contributed by atoms with Crippen molar-refractivity contribution >= 4 is 5.97 Å². The molecule has 92 valence electrons. The van der Waals surface area contributed by atoms with Crippen molar-refractivity contribution in [2.24, 2.45) is 5.73 Å². The van der Waals surface area contributed by atoms with E-state index in [0.717, 1.165) is 16.7 Å². The highest BCUT2D eigenvalue weighted by Gasteiger charge is 2.19. The van der Waals surface area contributed by atoms with Crippen molar-refractivity contribution in [3.05, 3.63) is 28.8 Å². The summed E-state index contributed by atoms with van der Waals surface area (Å²) in [6, 6.07) is 2.90. The Hall–Kier alpha value is -1.59. The van der Waals surface area contributed by atoms with Gasteiger partial charge >= 0.3 is 5.97 Å². The van der Waals surface area contributed by atoms with Gasteiger partial charge < -0.3 is 20.3 Å². The molecule has 0 saturated carbocycles. The van der Waals surface area contributed by atoms with Crippen LogP contribution < -0.4 is 10.5 Å². The van der Waals surface area contributed by atoms with Gasteiger partial charge in [0.05, 0.1) is 20.3 Å². The van der Waals surface area contributed by atoms with Crippen LogP contribution in [0.5, 0.6) is 5.75 Å². The maximum Gasteiger partial charge on any atom is 0.320 e. The molecule has 2 rings (SSSR count). The molecule has 1 aromatic carbocycles. The number of hydrogen-bond donors (Lipinski definition) is 2. The molecule has 0 spiro atoms. The summed E-state index contributed by atoms with van der Waals surface area (Å²) >= 11 is 0. The lowest BCUT2D eigenvalue weighted by molar-refractivity contribution is -0.138. The predicted octanol–water partition coefficient (Wildman–Crippen LogP) is 0.680. The lowest BCUT2D eigenvalue weighted by Crippen LogP contribution is -2.32. The molecule has 0 aliphatic carbocycles. The van der Waals surface area contributed by atoms with E-state index >= 15 is 0 Å². The van der Waals surface area contributed by atoms with Crippen molar-refractivity contribution in [2.45, 2.75) is 25.7 Å². The van der Waals surface area contributed by atoms with Crippen LogP contribution in [-0.4, -0.2) is 24.2 Å². The van der Waals surface area contributed by atoms with Crippen LogP contribution in [-0.2, 0) is 29.2 Å². The van der Waals surface area contributed by atoms with Crippen molar-refractivity contribution in [3.63, 3.8) is 0 Å². The second-order valence-corrected chi connectivity index (χ2v) is 4.07. The molecule has 1 heterocycles. The van der Waals surface area contributed by atoms with E-state index in [9.17, 15) is 4.79 Å². The first-order valence-electron chi connectivity index (χ1n) is 5.36. The SMILES string of the molecule is COc1cc2c(cc1CC(N)C(=O)O)COC2. The Balaban J connectivity index is 2.29. The summed E-state index contributed by atoms with van der Waals surface area (Å²) in [5.74, 6) is -0.338. The van der Waals surface area contributed by atoms with Gasteiger partial charge in [0.25, 0.3) is 0 Å². The molecule has 1 aliphatic rings. The van der Waals surface area contributed by atoms with Gasteiger partial charge in [-0.05, 0) is 28.8 Å². The lowest BCUT2D eigenvalue weighted by Gasteiger charge is -2.12. The molecule has 5 heteroatoms. The third-order valence-electron chi connectivity index (χ3n) is 2.87. The molecule has 1 atom stereocenters. The van der Waals surface area contributed by atoms with Gasteiger partial charge in [-0.1, -0.05) is 0 Å². The van der Waals surface area contributed by atoms with Crippen LogP contribution in [0.3, 0.4) is 0 Å². The fraction of sp³-hybridized carbons (Fsp3) is 0.417. The maximum absolute atomic E-state index is 10.7. The van der Waals surface area contributed by atoms with E-state index < -0.39 is 12.0 Å². The second kappa shape index (κ2) is 4.73. The third kappa shape index (κ3) is 2.40.